The Morgan fingerprint density at radius 2 is 1.94 bits per heavy atom. The van der Waals surface area contributed by atoms with Gasteiger partial charge in [-0.25, -0.2) is 0 Å². The SMILES string of the molecule is O=C(Cc1cccs1)c1cccc(C(F)(F)F)c1. The number of benzene rings is 1. The van der Waals surface area contributed by atoms with Crippen molar-refractivity contribution < 1.29 is 18.0 Å². The normalized spacial score (nSPS) is 11.5. The third-order valence-electron chi connectivity index (χ3n) is 2.43. The van der Waals surface area contributed by atoms with Crippen molar-refractivity contribution in [2.45, 2.75) is 12.6 Å². The molecule has 0 bridgehead atoms. The summed E-state index contributed by atoms with van der Waals surface area (Å²) in [6.07, 6.45) is -4.28. The van der Waals surface area contributed by atoms with Crippen molar-refractivity contribution in [1.82, 2.24) is 0 Å². The minimum Gasteiger partial charge on any atom is -0.294 e. The Balaban J connectivity index is 2.21. The van der Waals surface area contributed by atoms with E-state index in [4.69, 9.17) is 0 Å². The fraction of sp³-hybridized carbons (Fsp3) is 0.154. The van der Waals surface area contributed by atoms with Crippen LogP contribution in [-0.4, -0.2) is 5.78 Å². The van der Waals surface area contributed by atoms with Crippen LogP contribution in [0.4, 0.5) is 13.2 Å². The molecule has 2 aromatic rings. The Morgan fingerprint density at radius 3 is 2.56 bits per heavy atom. The minimum absolute atomic E-state index is 0.0956. The van der Waals surface area contributed by atoms with Crippen molar-refractivity contribution in [3.8, 4) is 0 Å². The highest BCUT2D eigenvalue weighted by Crippen LogP contribution is 2.29. The first kappa shape index (κ1) is 12.8. The molecule has 0 atom stereocenters. The Morgan fingerprint density at radius 1 is 1.17 bits per heavy atom. The molecule has 2 rings (SSSR count). The number of thiophene rings is 1. The van der Waals surface area contributed by atoms with Crippen LogP contribution in [0.2, 0.25) is 0 Å². The Kier molecular flexibility index (Phi) is 3.52. The summed E-state index contributed by atoms with van der Waals surface area (Å²) < 4.78 is 37.5. The van der Waals surface area contributed by atoms with Gasteiger partial charge >= 0.3 is 6.18 Å². The van der Waals surface area contributed by atoms with E-state index in [2.05, 4.69) is 0 Å². The molecule has 18 heavy (non-hydrogen) atoms. The topological polar surface area (TPSA) is 17.1 Å². The highest BCUT2D eigenvalue weighted by molar-refractivity contribution is 7.10. The summed E-state index contributed by atoms with van der Waals surface area (Å²) in [4.78, 5) is 12.7. The summed E-state index contributed by atoms with van der Waals surface area (Å²) >= 11 is 1.41. The molecule has 0 amide bonds. The molecule has 1 aromatic heterocycles. The summed E-state index contributed by atoms with van der Waals surface area (Å²) in [6.45, 7) is 0. The van der Waals surface area contributed by atoms with Gasteiger partial charge in [0.2, 0.25) is 0 Å². The minimum atomic E-state index is -4.42. The number of carbonyl (C=O) groups is 1. The van der Waals surface area contributed by atoms with E-state index in [0.717, 1.165) is 17.0 Å². The first-order chi connectivity index (χ1) is 8.47. The summed E-state index contributed by atoms with van der Waals surface area (Å²) in [7, 11) is 0. The summed E-state index contributed by atoms with van der Waals surface area (Å²) in [5, 5.41) is 1.83. The molecule has 0 aliphatic rings. The number of alkyl halides is 3. The van der Waals surface area contributed by atoms with Gasteiger partial charge in [-0.15, -0.1) is 11.3 Å². The van der Waals surface area contributed by atoms with E-state index in [1.54, 1.807) is 12.1 Å². The summed E-state index contributed by atoms with van der Waals surface area (Å²) in [5.74, 6) is -0.302. The Hall–Kier alpha value is -1.62. The first-order valence-electron chi connectivity index (χ1n) is 5.19. The van der Waals surface area contributed by atoms with Crippen molar-refractivity contribution in [2.24, 2.45) is 0 Å². The maximum Gasteiger partial charge on any atom is 0.416 e. The van der Waals surface area contributed by atoms with Gasteiger partial charge in [0.15, 0.2) is 5.78 Å². The average molecular weight is 270 g/mol. The number of Topliss-reactive ketones (excluding diaryl/α,β-unsaturated/α-hetero) is 1. The van der Waals surface area contributed by atoms with Crippen LogP contribution in [0.3, 0.4) is 0 Å². The van der Waals surface area contributed by atoms with Crippen molar-refractivity contribution in [1.29, 1.82) is 0 Å². The average Bonchev–Trinajstić information content (AvgIpc) is 2.81. The standard InChI is InChI=1S/C13H9F3OS/c14-13(15,16)10-4-1-3-9(7-10)12(17)8-11-5-2-6-18-11/h1-7H,8H2. The third-order valence-corrected chi connectivity index (χ3v) is 3.30. The lowest BCUT2D eigenvalue weighted by molar-refractivity contribution is -0.137. The van der Waals surface area contributed by atoms with Crippen LogP contribution in [0.5, 0.6) is 0 Å². The number of rotatable bonds is 3. The van der Waals surface area contributed by atoms with Gasteiger partial charge in [0, 0.05) is 16.9 Å². The number of carbonyl (C=O) groups excluding carboxylic acids is 1. The molecule has 5 heteroatoms. The molecule has 0 aliphatic carbocycles. The van der Waals surface area contributed by atoms with Gasteiger partial charge < -0.3 is 0 Å². The molecule has 0 spiro atoms. The molecular weight excluding hydrogens is 261 g/mol. The zero-order valence-corrected chi connectivity index (χ0v) is 10.0. The van der Waals surface area contributed by atoms with Crippen molar-refractivity contribution in [2.75, 3.05) is 0 Å². The van der Waals surface area contributed by atoms with Crippen LogP contribution in [0.1, 0.15) is 20.8 Å². The van der Waals surface area contributed by atoms with E-state index < -0.39 is 11.7 Å². The van der Waals surface area contributed by atoms with Crippen LogP contribution >= 0.6 is 11.3 Å². The molecule has 1 aromatic carbocycles. The lowest BCUT2D eigenvalue weighted by atomic mass is 10.0. The molecule has 1 nitrogen and oxygen atoms in total. The Labute approximate surface area is 106 Å². The zero-order chi connectivity index (χ0) is 13.2. The highest BCUT2D eigenvalue weighted by Gasteiger charge is 2.30. The predicted molar refractivity (Wildman–Crippen MR) is 63.8 cm³/mol. The monoisotopic (exact) mass is 270 g/mol. The van der Waals surface area contributed by atoms with E-state index in [-0.39, 0.29) is 17.8 Å². The molecule has 0 unspecified atom stereocenters. The van der Waals surface area contributed by atoms with Crippen LogP contribution in [0.15, 0.2) is 41.8 Å². The van der Waals surface area contributed by atoms with Crippen LogP contribution in [-0.2, 0) is 12.6 Å². The molecule has 1 heterocycles. The summed E-state index contributed by atoms with van der Waals surface area (Å²) in [6, 6.07) is 8.11. The fourth-order valence-corrected chi connectivity index (χ4v) is 2.25. The van der Waals surface area contributed by atoms with E-state index in [1.807, 2.05) is 5.38 Å². The maximum absolute atomic E-state index is 12.5. The van der Waals surface area contributed by atoms with Crippen molar-refractivity contribution >= 4 is 17.1 Å². The second-order valence-electron chi connectivity index (χ2n) is 3.76. The largest absolute Gasteiger partial charge is 0.416 e. The summed E-state index contributed by atoms with van der Waals surface area (Å²) in [5.41, 5.74) is -0.697. The predicted octanol–water partition coefficient (Wildman–Crippen LogP) is 4.19. The maximum atomic E-state index is 12.5. The van der Waals surface area contributed by atoms with E-state index in [9.17, 15) is 18.0 Å². The van der Waals surface area contributed by atoms with Gasteiger partial charge in [0.1, 0.15) is 0 Å². The van der Waals surface area contributed by atoms with Crippen molar-refractivity contribution in [3.63, 3.8) is 0 Å². The van der Waals surface area contributed by atoms with Crippen molar-refractivity contribution in [3.05, 3.63) is 57.8 Å². The Bertz CT molecular complexity index is 544. The van der Waals surface area contributed by atoms with Crippen LogP contribution in [0.25, 0.3) is 0 Å². The first-order valence-corrected chi connectivity index (χ1v) is 6.07. The van der Waals surface area contributed by atoms with Gasteiger partial charge in [-0.1, -0.05) is 18.2 Å². The lowest BCUT2D eigenvalue weighted by Gasteiger charge is -2.07. The highest BCUT2D eigenvalue weighted by atomic mass is 32.1. The number of hydrogen-bond acceptors (Lipinski definition) is 2. The van der Waals surface area contributed by atoms with E-state index in [0.29, 0.717) is 0 Å². The number of hydrogen-bond donors (Lipinski definition) is 0. The molecule has 0 N–H and O–H groups in total. The van der Waals surface area contributed by atoms with E-state index >= 15 is 0 Å². The van der Waals surface area contributed by atoms with Gasteiger partial charge in [0.05, 0.1) is 5.56 Å². The molecule has 0 saturated carbocycles. The van der Waals surface area contributed by atoms with Gasteiger partial charge in [0.25, 0.3) is 0 Å². The fourth-order valence-electron chi connectivity index (χ4n) is 1.54. The molecule has 0 fully saturated rings. The zero-order valence-electron chi connectivity index (χ0n) is 9.20. The molecular formula is C13H9F3OS. The smallest absolute Gasteiger partial charge is 0.294 e. The second-order valence-corrected chi connectivity index (χ2v) is 4.79. The molecule has 94 valence electrons. The third kappa shape index (κ3) is 2.98. The molecule has 0 radical (unpaired) electrons. The molecule has 0 saturated heterocycles. The lowest BCUT2D eigenvalue weighted by Crippen LogP contribution is -2.08. The van der Waals surface area contributed by atoms with Crippen LogP contribution < -0.4 is 0 Å². The van der Waals surface area contributed by atoms with Gasteiger partial charge in [-0.2, -0.15) is 13.2 Å². The number of halogens is 3. The second kappa shape index (κ2) is 4.94. The van der Waals surface area contributed by atoms with E-state index in [1.165, 1.54) is 23.5 Å². The quantitative estimate of drug-likeness (QED) is 0.764. The van der Waals surface area contributed by atoms with Gasteiger partial charge in [-0.3, -0.25) is 4.79 Å². The number of ketones is 1. The molecule has 0 aliphatic heterocycles. The van der Waals surface area contributed by atoms with Gasteiger partial charge in [-0.05, 0) is 23.6 Å². The van der Waals surface area contributed by atoms with Crippen LogP contribution in [0, 0.1) is 0 Å².